The molecule has 0 saturated carbocycles. The van der Waals surface area contributed by atoms with Crippen molar-refractivity contribution in [3.8, 4) is 0 Å². The Labute approximate surface area is 147 Å². The molecule has 1 aromatic heterocycles. The summed E-state index contributed by atoms with van der Waals surface area (Å²) in [6.07, 6.45) is 5.20. The average molecular weight is 343 g/mol. The fourth-order valence-electron chi connectivity index (χ4n) is 3.34. The van der Waals surface area contributed by atoms with Crippen LogP contribution in [0.25, 0.3) is 10.9 Å². The second kappa shape index (κ2) is 7.78. The van der Waals surface area contributed by atoms with Gasteiger partial charge in [-0.1, -0.05) is 12.8 Å². The summed E-state index contributed by atoms with van der Waals surface area (Å²) in [6.45, 7) is 3.07. The zero-order valence-corrected chi connectivity index (χ0v) is 14.9. The number of hydrogen-bond donors (Lipinski definition) is 1. The van der Waals surface area contributed by atoms with E-state index in [0.717, 1.165) is 38.1 Å². The lowest BCUT2D eigenvalue weighted by Gasteiger charge is -2.17. The average Bonchev–Trinajstić information content (AvgIpc) is 2.56. The van der Waals surface area contributed by atoms with Crippen molar-refractivity contribution in [2.75, 3.05) is 13.7 Å². The number of rotatable bonds is 4. The number of carbonyl (C=O) groups excluding carboxylic acids is 1. The highest BCUT2D eigenvalue weighted by atomic mass is 16.5. The third-order valence-electron chi connectivity index (χ3n) is 4.62. The molecule has 134 valence electrons. The minimum absolute atomic E-state index is 0.00149. The third kappa shape index (κ3) is 3.90. The second-order valence-corrected chi connectivity index (χ2v) is 6.71. The van der Waals surface area contributed by atoms with Crippen molar-refractivity contribution in [2.24, 2.45) is 0 Å². The molecule has 3 rings (SSSR count). The molecule has 1 N–H and O–H groups in total. The van der Waals surface area contributed by atoms with Crippen LogP contribution >= 0.6 is 0 Å². The van der Waals surface area contributed by atoms with Crippen molar-refractivity contribution in [3.05, 3.63) is 39.9 Å². The number of amides is 1. The highest BCUT2D eigenvalue weighted by Gasteiger charge is 2.15. The summed E-state index contributed by atoms with van der Waals surface area (Å²) in [5, 5.41) is 3.46. The SMILES string of the molecule is COC[C@H](C)NC(=O)c1ccc2c(=O)n3c(nc2c1)CCCCCC3. The van der Waals surface area contributed by atoms with Crippen LogP contribution in [0.1, 0.15) is 48.8 Å². The Morgan fingerprint density at radius 2 is 2.12 bits per heavy atom. The summed E-state index contributed by atoms with van der Waals surface area (Å²) < 4.78 is 6.85. The number of benzene rings is 1. The van der Waals surface area contributed by atoms with Gasteiger partial charge >= 0.3 is 0 Å². The highest BCUT2D eigenvalue weighted by molar-refractivity contribution is 5.97. The smallest absolute Gasteiger partial charge is 0.261 e. The fraction of sp³-hybridized carbons (Fsp3) is 0.526. The minimum Gasteiger partial charge on any atom is -0.383 e. The van der Waals surface area contributed by atoms with E-state index >= 15 is 0 Å². The first-order valence-electron chi connectivity index (χ1n) is 8.93. The Morgan fingerprint density at radius 1 is 1.32 bits per heavy atom. The molecule has 1 amide bonds. The van der Waals surface area contributed by atoms with E-state index in [1.54, 1.807) is 25.3 Å². The molecule has 0 bridgehead atoms. The predicted octanol–water partition coefficient (Wildman–Crippen LogP) is 2.28. The van der Waals surface area contributed by atoms with Crippen LogP contribution in [0.3, 0.4) is 0 Å². The molecular formula is C19H25N3O3. The number of ether oxygens (including phenoxy) is 1. The predicted molar refractivity (Wildman–Crippen MR) is 97.0 cm³/mol. The number of nitrogens with zero attached hydrogens (tertiary/aromatic N) is 2. The highest BCUT2D eigenvalue weighted by Crippen LogP contribution is 2.16. The number of hydrogen-bond acceptors (Lipinski definition) is 4. The number of nitrogens with one attached hydrogen (secondary N) is 1. The van der Waals surface area contributed by atoms with Gasteiger partial charge in [0.15, 0.2) is 0 Å². The molecule has 1 aromatic carbocycles. The molecule has 0 unspecified atom stereocenters. The van der Waals surface area contributed by atoms with E-state index in [0.29, 0.717) is 23.1 Å². The van der Waals surface area contributed by atoms with Gasteiger partial charge < -0.3 is 10.1 Å². The number of methoxy groups -OCH3 is 1. The lowest BCUT2D eigenvalue weighted by Crippen LogP contribution is -2.35. The van der Waals surface area contributed by atoms with Crippen LogP contribution in [0.15, 0.2) is 23.0 Å². The maximum absolute atomic E-state index is 12.8. The maximum atomic E-state index is 12.8. The van der Waals surface area contributed by atoms with Crippen LogP contribution < -0.4 is 10.9 Å². The molecule has 25 heavy (non-hydrogen) atoms. The number of fused-ring (bicyclic) bond motifs is 2. The first-order chi connectivity index (χ1) is 12.1. The van der Waals surface area contributed by atoms with Gasteiger partial charge in [0, 0.05) is 31.7 Å². The lowest BCUT2D eigenvalue weighted by molar-refractivity contribution is 0.0905. The number of carbonyl (C=O) groups is 1. The number of aryl methyl sites for hydroxylation is 1. The van der Waals surface area contributed by atoms with Crippen LogP contribution in [0.2, 0.25) is 0 Å². The molecule has 1 atom stereocenters. The van der Waals surface area contributed by atoms with Crippen molar-refractivity contribution in [2.45, 2.75) is 51.6 Å². The largest absolute Gasteiger partial charge is 0.383 e. The van der Waals surface area contributed by atoms with E-state index in [1.165, 1.54) is 6.42 Å². The second-order valence-electron chi connectivity index (χ2n) is 6.71. The molecule has 6 heteroatoms. The topological polar surface area (TPSA) is 73.2 Å². The molecule has 1 aliphatic rings. The molecule has 6 nitrogen and oxygen atoms in total. The van der Waals surface area contributed by atoms with Gasteiger partial charge in [0.05, 0.1) is 17.5 Å². The fourth-order valence-corrected chi connectivity index (χ4v) is 3.34. The van der Waals surface area contributed by atoms with Gasteiger partial charge in [-0.15, -0.1) is 0 Å². The van der Waals surface area contributed by atoms with E-state index in [-0.39, 0.29) is 17.5 Å². The Balaban J connectivity index is 1.96. The molecule has 2 heterocycles. The molecule has 0 fully saturated rings. The Morgan fingerprint density at radius 3 is 2.92 bits per heavy atom. The van der Waals surface area contributed by atoms with Crippen molar-refractivity contribution < 1.29 is 9.53 Å². The van der Waals surface area contributed by atoms with Gasteiger partial charge in [-0.2, -0.15) is 0 Å². The summed E-state index contributed by atoms with van der Waals surface area (Å²) in [7, 11) is 1.60. The van der Waals surface area contributed by atoms with Gasteiger partial charge in [0.2, 0.25) is 0 Å². The molecule has 2 aromatic rings. The van der Waals surface area contributed by atoms with Crippen molar-refractivity contribution in [3.63, 3.8) is 0 Å². The Bertz CT molecular complexity index is 829. The van der Waals surface area contributed by atoms with E-state index in [9.17, 15) is 9.59 Å². The van der Waals surface area contributed by atoms with E-state index in [2.05, 4.69) is 5.32 Å². The van der Waals surface area contributed by atoms with Crippen molar-refractivity contribution in [1.82, 2.24) is 14.9 Å². The van der Waals surface area contributed by atoms with Gasteiger partial charge in [-0.25, -0.2) is 4.98 Å². The molecule has 0 saturated heterocycles. The molecule has 0 aliphatic carbocycles. The first-order valence-corrected chi connectivity index (χ1v) is 8.93. The quantitative estimate of drug-likeness (QED) is 0.924. The zero-order valence-electron chi connectivity index (χ0n) is 14.9. The van der Waals surface area contributed by atoms with Crippen LogP contribution in [0.5, 0.6) is 0 Å². The van der Waals surface area contributed by atoms with Crippen LogP contribution in [-0.4, -0.2) is 35.2 Å². The normalized spacial score (nSPS) is 15.9. The van der Waals surface area contributed by atoms with E-state index < -0.39 is 0 Å². The zero-order chi connectivity index (χ0) is 17.8. The Hall–Kier alpha value is -2.21. The molecule has 1 aliphatic heterocycles. The first kappa shape index (κ1) is 17.6. The summed E-state index contributed by atoms with van der Waals surface area (Å²) in [5.74, 6) is 0.655. The van der Waals surface area contributed by atoms with Gasteiger partial charge in [0.25, 0.3) is 11.5 Å². The molecule has 0 radical (unpaired) electrons. The summed E-state index contributed by atoms with van der Waals surface area (Å²) in [4.78, 5) is 29.9. The summed E-state index contributed by atoms with van der Waals surface area (Å²) in [6, 6.07) is 5.04. The third-order valence-corrected chi connectivity index (χ3v) is 4.62. The van der Waals surface area contributed by atoms with E-state index in [4.69, 9.17) is 9.72 Å². The van der Waals surface area contributed by atoms with Gasteiger partial charge in [0.1, 0.15) is 5.82 Å². The van der Waals surface area contributed by atoms with Gasteiger partial charge in [-0.05, 0) is 38.0 Å². The van der Waals surface area contributed by atoms with E-state index in [1.807, 2.05) is 11.5 Å². The number of aromatic nitrogens is 2. The minimum atomic E-state index is -0.180. The van der Waals surface area contributed by atoms with Crippen molar-refractivity contribution >= 4 is 16.8 Å². The van der Waals surface area contributed by atoms with Crippen LogP contribution in [0, 0.1) is 0 Å². The maximum Gasteiger partial charge on any atom is 0.261 e. The Kier molecular flexibility index (Phi) is 5.48. The lowest BCUT2D eigenvalue weighted by atomic mass is 10.1. The molecule has 0 spiro atoms. The summed E-state index contributed by atoms with van der Waals surface area (Å²) in [5.41, 5.74) is 1.11. The van der Waals surface area contributed by atoms with Crippen LogP contribution in [-0.2, 0) is 17.7 Å². The monoisotopic (exact) mass is 343 g/mol. The summed E-state index contributed by atoms with van der Waals surface area (Å²) >= 11 is 0. The van der Waals surface area contributed by atoms with Crippen LogP contribution in [0.4, 0.5) is 0 Å². The standard InChI is InChI=1S/C19H25N3O3/c1-13(12-25-2)20-18(23)14-8-9-15-16(11-14)21-17-7-5-3-4-6-10-22(17)19(15)24/h8-9,11,13H,3-7,10,12H2,1-2H3,(H,20,23)/t13-/m0/s1. The van der Waals surface area contributed by atoms with Crippen molar-refractivity contribution in [1.29, 1.82) is 0 Å². The van der Waals surface area contributed by atoms with Gasteiger partial charge in [-0.3, -0.25) is 14.2 Å². The molecular weight excluding hydrogens is 318 g/mol.